The average Bonchev–Trinajstić information content (AvgIpc) is 2.50. The number of rotatable bonds is 7. The maximum Gasteiger partial charge on any atom is 0.151 e. The van der Waals surface area contributed by atoms with Gasteiger partial charge in [-0.25, -0.2) is 0 Å². The Kier molecular flexibility index (Phi) is 6.24. The number of likely N-dealkylation sites (tertiary alicyclic amines) is 1. The van der Waals surface area contributed by atoms with Crippen molar-refractivity contribution in [2.75, 3.05) is 19.7 Å². The summed E-state index contributed by atoms with van der Waals surface area (Å²) in [6.45, 7) is 6.67. The average molecular weight is 289 g/mol. The highest BCUT2D eigenvalue weighted by Gasteiger charge is 2.25. The van der Waals surface area contributed by atoms with Crippen LogP contribution in [0.5, 0.6) is 5.75 Å². The number of Topliss-reactive ketones (excluding diaryl/α,β-unsaturated/α-hetero) is 1. The molecule has 116 valence electrons. The van der Waals surface area contributed by atoms with E-state index in [0.29, 0.717) is 0 Å². The number of unbranched alkanes of at least 4 members (excludes halogenated alkanes) is 1. The molecular weight excluding hydrogens is 262 g/mol. The van der Waals surface area contributed by atoms with E-state index in [2.05, 4.69) is 11.8 Å². The first-order valence-electron chi connectivity index (χ1n) is 8.19. The first kappa shape index (κ1) is 16.0. The highest BCUT2D eigenvalue weighted by atomic mass is 16.5. The quantitative estimate of drug-likeness (QED) is 0.711. The Bertz CT molecular complexity index is 435. The van der Waals surface area contributed by atoms with Crippen molar-refractivity contribution in [3.8, 4) is 5.75 Å². The summed E-state index contributed by atoms with van der Waals surface area (Å²) in [6, 6.07) is 7.98. The summed E-state index contributed by atoms with van der Waals surface area (Å²) in [6.07, 6.45) is 5.89. The van der Waals surface area contributed by atoms with Gasteiger partial charge in [0.1, 0.15) is 5.75 Å². The van der Waals surface area contributed by atoms with Gasteiger partial charge in [-0.15, -0.1) is 0 Å². The van der Waals surface area contributed by atoms with Crippen molar-refractivity contribution >= 4 is 5.78 Å². The van der Waals surface area contributed by atoms with Crippen molar-refractivity contribution in [1.29, 1.82) is 0 Å². The van der Waals surface area contributed by atoms with Crippen molar-refractivity contribution in [1.82, 2.24) is 4.90 Å². The Labute approximate surface area is 128 Å². The lowest BCUT2D eigenvalue weighted by Crippen LogP contribution is -2.37. The molecule has 0 radical (unpaired) electrons. The molecule has 0 saturated carbocycles. The van der Waals surface area contributed by atoms with Gasteiger partial charge in [0, 0.05) is 0 Å². The molecule has 21 heavy (non-hydrogen) atoms. The lowest BCUT2D eigenvalue weighted by Gasteiger charge is -2.33. The van der Waals surface area contributed by atoms with Gasteiger partial charge in [-0.3, -0.25) is 9.69 Å². The van der Waals surface area contributed by atoms with Crippen LogP contribution in [0.25, 0.3) is 0 Å². The highest BCUT2D eigenvalue weighted by Crippen LogP contribution is 2.27. The topological polar surface area (TPSA) is 29.5 Å². The number of hydrogen-bond donors (Lipinski definition) is 0. The number of carbonyl (C=O) groups excluding carboxylic acids is 1. The fourth-order valence-electron chi connectivity index (χ4n) is 2.96. The van der Waals surface area contributed by atoms with Gasteiger partial charge in [0.2, 0.25) is 0 Å². The molecule has 0 bridgehead atoms. The highest BCUT2D eigenvalue weighted by molar-refractivity contribution is 5.83. The number of nitrogens with zero attached hydrogens (tertiary/aromatic N) is 1. The summed E-state index contributed by atoms with van der Waals surface area (Å²) in [7, 11) is 0. The van der Waals surface area contributed by atoms with Crippen LogP contribution in [0.2, 0.25) is 0 Å². The van der Waals surface area contributed by atoms with E-state index in [9.17, 15) is 4.79 Å². The van der Waals surface area contributed by atoms with Gasteiger partial charge in [0.15, 0.2) is 5.78 Å². The summed E-state index contributed by atoms with van der Waals surface area (Å²) in [5.41, 5.74) is 1.09. The first-order valence-corrected chi connectivity index (χ1v) is 8.19. The van der Waals surface area contributed by atoms with Gasteiger partial charge >= 0.3 is 0 Å². The van der Waals surface area contributed by atoms with Crippen LogP contribution < -0.4 is 4.74 Å². The smallest absolute Gasteiger partial charge is 0.151 e. The molecule has 1 aliphatic rings. The van der Waals surface area contributed by atoms with Crippen LogP contribution >= 0.6 is 0 Å². The first-order chi connectivity index (χ1) is 10.2. The molecular formula is C18H27NO2. The van der Waals surface area contributed by atoms with E-state index in [1.165, 1.54) is 19.3 Å². The molecule has 1 saturated heterocycles. The Morgan fingerprint density at radius 3 is 2.43 bits per heavy atom. The number of benzene rings is 1. The standard InChI is InChI=1S/C18H27NO2/c1-3-4-14-21-17-10-8-16(9-11-17)18(15(2)20)19-12-6-5-7-13-19/h8-11,18H,3-7,12-14H2,1-2H3. The van der Waals surface area contributed by atoms with Crippen LogP contribution in [-0.2, 0) is 4.79 Å². The van der Waals surface area contributed by atoms with Crippen LogP contribution in [0.3, 0.4) is 0 Å². The molecule has 1 heterocycles. The second-order valence-electron chi connectivity index (χ2n) is 5.88. The molecule has 3 heteroatoms. The van der Waals surface area contributed by atoms with E-state index in [4.69, 9.17) is 4.74 Å². The molecule has 0 aromatic heterocycles. The maximum atomic E-state index is 12.1. The Morgan fingerprint density at radius 2 is 1.86 bits per heavy atom. The molecule has 0 aliphatic carbocycles. The van der Waals surface area contributed by atoms with Crippen molar-refractivity contribution in [2.45, 2.75) is 52.0 Å². The Balaban J connectivity index is 2.04. The molecule has 1 atom stereocenters. The fraction of sp³-hybridized carbons (Fsp3) is 0.611. The second kappa shape index (κ2) is 8.18. The number of ether oxygens (including phenoxy) is 1. The summed E-state index contributed by atoms with van der Waals surface area (Å²) in [5.74, 6) is 1.13. The molecule has 1 aromatic rings. The van der Waals surface area contributed by atoms with E-state index in [1.54, 1.807) is 6.92 Å². The fourth-order valence-corrected chi connectivity index (χ4v) is 2.96. The summed E-state index contributed by atoms with van der Waals surface area (Å²) >= 11 is 0. The van der Waals surface area contributed by atoms with Gasteiger partial charge in [-0.1, -0.05) is 31.9 Å². The number of carbonyl (C=O) groups is 1. The molecule has 1 fully saturated rings. The van der Waals surface area contributed by atoms with Crippen molar-refractivity contribution < 1.29 is 9.53 Å². The van der Waals surface area contributed by atoms with Crippen LogP contribution in [-0.4, -0.2) is 30.4 Å². The van der Waals surface area contributed by atoms with Crippen LogP contribution in [0.15, 0.2) is 24.3 Å². The molecule has 1 unspecified atom stereocenters. The molecule has 1 aromatic carbocycles. The van der Waals surface area contributed by atoms with Gasteiger partial charge in [-0.2, -0.15) is 0 Å². The monoisotopic (exact) mass is 289 g/mol. The van der Waals surface area contributed by atoms with Crippen molar-refractivity contribution in [3.05, 3.63) is 29.8 Å². The molecule has 1 aliphatic heterocycles. The predicted molar refractivity (Wildman–Crippen MR) is 85.7 cm³/mol. The van der Waals surface area contributed by atoms with Crippen molar-refractivity contribution in [3.63, 3.8) is 0 Å². The minimum atomic E-state index is -0.0880. The second-order valence-corrected chi connectivity index (χ2v) is 5.88. The molecule has 3 nitrogen and oxygen atoms in total. The van der Waals surface area contributed by atoms with E-state index in [0.717, 1.165) is 43.9 Å². The summed E-state index contributed by atoms with van der Waals surface area (Å²) in [5, 5.41) is 0. The molecule has 0 spiro atoms. The van der Waals surface area contributed by atoms with E-state index >= 15 is 0 Å². The number of piperidine rings is 1. The van der Waals surface area contributed by atoms with E-state index < -0.39 is 0 Å². The zero-order valence-electron chi connectivity index (χ0n) is 13.3. The number of hydrogen-bond acceptors (Lipinski definition) is 3. The summed E-state index contributed by atoms with van der Waals surface area (Å²) < 4.78 is 5.69. The minimum Gasteiger partial charge on any atom is -0.494 e. The molecule has 2 rings (SSSR count). The third-order valence-corrected chi connectivity index (χ3v) is 4.10. The van der Waals surface area contributed by atoms with Gasteiger partial charge in [-0.05, 0) is 57.0 Å². The van der Waals surface area contributed by atoms with Crippen LogP contribution in [0.1, 0.15) is 57.6 Å². The maximum absolute atomic E-state index is 12.1. The third kappa shape index (κ3) is 4.57. The zero-order valence-corrected chi connectivity index (χ0v) is 13.3. The van der Waals surface area contributed by atoms with Crippen LogP contribution in [0, 0.1) is 0 Å². The third-order valence-electron chi connectivity index (χ3n) is 4.10. The van der Waals surface area contributed by atoms with Crippen molar-refractivity contribution in [2.24, 2.45) is 0 Å². The minimum absolute atomic E-state index is 0.0880. The molecule has 0 amide bonds. The largest absolute Gasteiger partial charge is 0.494 e. The molecule has 0 N–H and O–H groups in total. The zero-order chi connectivity index (χ0) is 15.1. The number of ketones is 1. The van der Waals surface area contributed by atoms with Crippen LogP contribution in [0.4, 0.5) is 0 Å². The lowest BCUT2D eigenvalue weighted by atomic mass is 9.99. The Hall–Kier alpha value is -1.35. The Morgan fingerprint density at radius 1 is 1.19 bits per heavy atom. The SMILES string of the molecule is CCCCOc1ccc(C(C(C)=O)N2CCCCC2)cc1. The van der Waals surface area contributed by atoms with Gasteiger partial charge in [0.25, 0.3) is 0 Å². The predicted octanol–water partition coefficient (Wildman–Crippen LogP) is 3.98. The summed E-state index contributed by atoms with van der Waals surface area (Å²) in [4.78, 5) is 14.4. The van der Waals surface area contributed by atoms with Gasteiger partial charge < -0.3 is 4.74 Å². The van der Waals surface area contributed by atoms with Gasteiger partial charge in [0.05, 0.1) is 12.6 Å². The normalized spacial score (nSPS) is 17.4. The van der Waals surface area contributed by atoms with E-state index in [1.807, 2.05) is 24.3 Å². The van der Waals surface area contributed by atoms with E-state index in [-0.39, 0.29) is 11.8 Å². The lowest BCUT2D eigenvalue weighted by molar-refractivity contribution is -0.122.